The van der Waals surface area contributed by atoms with Gasteiger partial charge in [-0.1, -0.05) is 13.2 Å². The molecule has 116 valence electrons. The molecule has 9 heteroatoms. The largest absolute Gasteiger partial charge is 0.445 e. The van der Waals surface area contributed by atoms with Crippen molar-refractivity contribution >= 4 is 0 Å². The normalized spacial score (nSPS) is 15.3. The minimum Gasteiger partial charge on any atom is -0.399 e. The molecule has 1 unspecified atom stereocenters. The van der Waals surface area contributed by atoms with Gasteiger partial charge in [-0.05, 0) is 25.0 Å². The van der Waals surface area contributed by atoms with Crippen LogP contribution in [0.2, 0.25) is 0 Å². The average molecular weight is 310 g/mol. The lowest BCUT2D eigenvalue weighted by molar-refractivity contribution is -0.330. The zero-order chi connectivity index (χ0) is 16.5. The Hall–Kier alpha value is -1.54. The molecule has 0 N–H and O–H groups in total. The van der Waals surface area contributed by atoms with Gasteiger partial charge in [-0.15, -0.1) is 0 Å². The van der Waals surface area contributed by atoms with E-state index in [0.717, 1.165) is 0 Å². The molecule has 1 atom stereocenters. The standard InChI is InChI=1S/C11H10F8O/c1-5(2)9(15,10(16,17)6(3)4)11(18,19)20-8(14)7(12)13/h1,3H2,2,4H3. The first-order valence-electron chi connectivity index (χ1n) is 4.88. The molecule has 0 aliphatic rings. The van der Waals surface area contributed by atoms with E-state index in [1.54, 1.807) is 0 Å². The van der Waals surface area contributed by atoms with E-state index < -0.39 is 40.9 Å². The maximum Gasteiger partial charge on any atom is 0.445 e. The summed E-state index contributed by atoms with van der Waals surface area (Å²) < 4.78 is 107. The molecule has 0 bridgehead atoms. The van der Waals surface area contributed by atoms with Crippen LogP contribution in [0.1, 0.15) is 13.8 Å². The van der Waals surface area contributed by atoms with Gasteiger partial charge in [0.1, 0.15) is 0 Å². The van der Waals surface area contributed by atoms with E-state index in [1.165, 1.54) is 0 Å². The van der Waals surface area contributed by atoms with Crippen LogP contribution in [0.4, 0.5) is 35.1 Å². The van der Waals surface area contributed by atoms with Crippen LogP contribution in [0.25, 0.3) is 0 Å². The molecular weight excluding hydrogens is 300 g/mol. The second kappa shape index (κ2) is 5.45. The summed E-state index contributed by atoms with van der Waals surface area (Å²) in [4.78, 5) is 0. The number of allylic oxidation sites excluding steroid dienone is 1. The third kappa shape index (κ3) is 2.80. The fourth-order valence-corrected chi connectivity index (χ4v) is 1.21. The third-order valence-electron chi connectivity index (χ3n) is 2.32. The van der Waals surface area contributed by atoms with Crippen molar-refractivity contribution in [1.29, 1.82) is 0 Å². The van der Waals surface area contributed by atoms with Crippen LogP contribution >= 0.6 is 0 Å². The van der Waals surface area contributed by atoms with Gasteiger partial charge in [0, 0.05) is 0 Å². The zero-order valence-corrected chi connectivity index (χ0v) is 10.3. The van der Waals surface area contributed by atoms with Crippen LogP contribution in [-0.4, -0.2) is 17.7 Å². The topological polar surface area (TPSA) is 9.23 Å². The molecule has 0 aromatic heterocycles. The molecule has 0 fully saturated rings. The molecule has 0 aliphatic heterocycles. The van der Waals surface area contributed by atoms with Crippen molar-refractivity contribution < 1.29 is 39.9 Å². The molecular formula is C11H10F8O. The van der Waals surface area contributed by atoms with Crippen molar-refractivity contribution in [2.75, 3.05) is 0 Å². The highest BCUT2D eigenvalue weighted by atomic mass is 19.3. The van der Waals surface area contributed by atoms with E-state index in [0.29, 0.717) is 13.8 Å². The van der Waals surface area contributed by atoms with Crippen LogP contribution in [0.15, 0.2) is 36.4 Å². The lowest BCUT2D eigenvalue weighted by Gasteiger charge is -2.38. The summed E-state index contributed by atoms with van der Waals surface area (Å²) in [5, 5.41) is 0. The summed E-state index contributed by atoms with van der Waals surface area (Å²) in [5.41, 5.74) is -7.77. The van der Waals surface area contributed by atoms with Gasteiger partial charge in [0.05, 0.1) is 0 Å². The molecule has 0 heterocycles. The predicted octanol–water partition coefficient (Wildman–Crippen LogP) is 5.13. The van der Waals surface area contributed by atoms with Gasteiger partial charge in [0.2, 0.25) is 0 Å². The fraction of sp³-hybridized carbons (Fsp3) is 0.455. The van der Waals surface area contributed by atoms with Gasteiger partial charge in [0.15, 0.2) is 0 Å². The molecule has 0 aliphatic carbocycles. The lowest BCUT2D eigenvalue weighted by Crippen LogP contribution is -2.59. The Morgan fingerprint density at radius 3 is 1.50 bits per heavy atom. The average Bonchev–Trinajstić information content (AvgIpc) is 2.25. The first kappa shape index (κ1) is 18.5. The summed E-state index contributed by atoms with van der Waals surface area (Å²) in [5.74, 6) is -4.94. The van der Waals surface area contributed by atoms with Gasteiger partial charge >= 0.3 is 24.1 Å². The van der Waals surface area contributed by atoms with Crippen LogP contribution in [0, 0.1) is 0 Å². The Balaban J connectivity index is 6.00. The van der Waals surface area contributed by atoms with Gasteiger partial charge in [-0.2, -0.15) is 30.7 Å². The van der Waals surface area contributed by atoms with E-state index >= 15 is 0 Å². The first-order valence-corrected chi connectivity index (χ1v) is 4.88. The Kier molecular flexibility index (Phi) is 5.03. The molecule has 20 heavy (non-hydrogen) atoms. The number of halogens is 8. The number of ether oxygens (including phenoxy) is 1. The Labute approximate surface area is 109 Å². The van der Waals surface area contributed by atoms with Gasteiger partial charge in [-0.3, -0.25) is 0 Å². The number of alkyl halides is 5. The van der Waals surface area contributed by atoms with Crippen molar-refractivity contribution in [3.63, 3.8) is 0 Å². The SMILES string of the molecule is C=C(C)C(F)(F)C(F)(C(=C)C)C(F)(F)OC(F)=C(F)F. The lowest BCUT2D eigenvalue weighted by atomic mass is 9.85. The van der Waals surface area contributed by atoms with Crippen LogP contribution < -0.4 is 0 Å². The maximum absolute atomic E-state index is 14.1. The second-order valence-electron chi connectivity index (χ2n) is 3.95. The zero-order valence-electron chi connectivity index (χ0n) is 10.3. The maximum atomic E-state index is 14.1. The molecule has 0 spiro atoms. The fourth-order valence-electron chi connectivity index (χ4n) is 1.21. The molecule has 0 amide bonds. The molecule has 0 saturated carbocycles. The number of rotatable bonds is 6. The van der Waals surface area contributed by atoms with E-state index in [9.17, 15) is 35.1 Å². The Morgan fingerprint density at radius 2 is 1.25 bits per heavy atom. The number of hydrogen-bond donors (Lipinski definition) is 0. The van der Waals surface area contributed by atoms with E-state index in [2.05, 4.69) is 17.9 Å². The van der Waals surface area contributed by atoms with Crippen molar-refractivity contribution in [3.8, 4) is 0 Å². The highest BCUT2D eigenvalue weighted by Crippen LogP contribution is 2.52. The van der Waals surface area contributed by atoms with E-state index in [-0.39, 0.29) is 0 Å². The summed E-state index contributed by atoms with van der Waals surface area (Å²) in [6.07, 6.45) is -9.00. The number of hydrogen-bond acceptors (Lipinski definition) is 1. The molecule has 0 aromatic carbocycles. The minimum atomic E-state index is -5.64. The van der Waals surface area contributed by atoms with Crippen molar-refractivity contribution in [3.05, 3.63) is 36.4 Å². The van der Waals surface area contributed by atoms with Gasteiger partial charge < -0.3 is 4.74 Å². The monoisotopic (exact) mass is 310 g/mol. The van der Waals surface area contributed by atoms with Gasteiger partial charge in [-0.25, -0.2) is 4.39 Å². The molecule has 1 nitrogen and oxygen atoms in total. The first-order chi connectivity index (χ1) is 8.71. The minimum absolute atomic E-state index is 0.446. The highest BCUT2D eigenvalue weighted by Gasteiger charge is 2.73. The second-order valence-corrected chi connectivity index (χ2v) is 3.95. The van der Waals surface area contributed by atoms with Crippen LogP contribution in [0.3, 0.4) is 0 Å². The Bertz CT molecular complexity index is 449. The Morgan fingerprint density at radius 1 is 0.850 bits per heavy atom. The molecule has 0 radical (unpaired) electrons. The van der Waals surface area contributed by atoms with Crippen molar-refractivity contribution in [2.24, 2.45) is 0 Å². The van der Waals surface area contributed by atoms with Crippen LogP contribution in [0.5, 0.6) is 0 Å². The van der Waals surface area contributed by atoms with Crippen molar-refractivity contribution in [2.45, 2.75) is 31.5 Å². The van der Waals surface area contributed by atoms with E-state index in [1.807, 2.05) is 0 Å². The summed E-state index contributed by atoms with van der Waals surface area (Å²) >= 11 is 0. The summed E-state index contributed by atoms with van der Waals surface area (Å²) in [6, 6.07) is -3.17. The molecule has 0 saturated heterocycles. The molecule has 0 rings (SSSR count). The quantitative estimate of drug-likeness (QED) is 0.375. The van der Waals surface area contributed by atoms with Gasteiger partial charge in [0.25, 0.3) is 5.67 Å². The van der Waals surface area contributed by atoms with E-state index in [4.69, 9.17) is 0 Å². The summed E-state index contributed by atoms with van der Waals surface area (Å²) in [7, 11) is 0. The van der Waals surface area contributed by atoms with Crippen LogP contribution in [-0.2, 0) is 4.74 Å². The third-order valence-corrected chi connectivity index (χ3v) is 2.32. The molecule has 0 aromatic rings. The predicted molar refractivity (Wildman–Crippen MR) is 54.8 cm³/mol. The summed E-state index contributed by atoms with van der Waals surface area (Å²) in [6.45, 7) is 6.21. The highest BCUT2D eigenvalue weighted by molar-refractivity contribution is 5.29. The smallest absolute Gasteiger partial charge is 0.399 e. The van der Waals surface area contributed by atoms with Crippen molar-refractivity contribution in [1.82, 2.24) is 0 Å².